The molecule has 1 fully saturated rings. The predicted octanol–water partition coefficient (Wildman–Crippen LogP) is 3.43. The number of hydrogen-bond donors (Lipinski definition) is 0. The van der Waals surface area contributed by atoms with E-state index in [2.05, 4.69) is 57.3 Å². The number of rotatable bonds is 3. The zero-order valence-corrected chi connectivity index (χ0v) is 12.6. The molecule has 0 bridgehead atoms. The first kappa shape index (κ1) is 13.1. The zero-order valence-electron chi connectivity index (χ0n) is 11.0. The lowest BCUT2D eigenvalue weighted by Gasteiger charge is -2.32. The van der Waals surface area contributed by atoms with Gasteiger partial charge in [0, 0.05) is 23.9 Å². The lowest BCUT2D eigenvalue weighted by atomic mass is 9.93. The third-order valence-electron chi connectivity index (χ3n) is 3.75. The number of hydrogen-bond acceptors (Lipinski definition) is 2. The fourth-order valence-corrected chi connectivity index (χ4v) is 3.43. The van der Waals surface area contributed by atoms with Crippen LogP contribution in [0.25, 0.3) is 0 Å². The van der Waals surface area contributed by atoms with E-state index in [0.29, 0.717) is 12.0 Å². The maximum atomic E-state index is 4.42. The maximum absolute atomic E-state index is 4.42. The normalized spacial score (nSPS) is 19.1. The SMILES string of the molecule is CCN1CCC(c2cnc(Br)n2C(C)C)CC1. The summed E-state index contributed by atoms with van der Waals surface area (Å²) in [4.78, 5) is 6.95. The van der Waals surface area contributed by atoms with Crippen LogP contribution >= 0.6 is 15.9 Å². The Morgan fingerprint density at radius 3 is 2.59 bits per heavy atom. The molecule has 0 unspecified atom stereocenters. The number of nitrogens with zero attached hydrogens (tertiary/aromatic N) is 3. The van der Waals surface area contributed by atoms with Crippen molar-refractivity contribution < 1.29 is 0 Å². The molecule has 0 amide bonds. The van der Waals surface area contributed by atoms with Crippen molar-refractivity contribution in [1.82, 2.24) is 14.5 Å². The van der Waals surface area contributed by atoms with E-state index in [1.807, 2.05) is 0 Å². The van der Waals surface area contributed by atoms with Gasteiger partial charge in [-0.25, -0.2) is 4.98 Å². The Hall–Kier alpha value is -0.350. The van der Waals surface area contributed by atoms with Crippen LogP contribution in [0.4, 0.5) is 0 Å². The Balaban J connectivity index is 2.13. The maximum Gasteiger partial charge on any atom is 0.177 e. The summed E-state index contributed by atoms with van der Waals surface area (Å²) < 4.78 is 3.30. The van der Waals surface area contributed by atoms with Gasteiger partial charge >= 0.3 is 0 Å². The van der Waals surface area contributed by atoms with Crippen LogP contribution in [0.1, 0.15) is 51.3 Å². The minimum Gasteiger partial charge on any atom is -0.320 e. The van der Waals surface area contributed by atoms with Gasteiger partial charge in [-0.3, -0.25) is 0 Å². The van der Waals surface area contributed by atoms with Crippen LogP contribution in [0.3, 0.4) is 0 Å². The molecule has 0 saturated carbocycles. The highest BCUT2D eigenvalue weighted by Crippen LogP contribution is 2.31. The smallest absolute Gasteiger partial charge is 0.177 e. The van der Waals surface area contributed by atoms with Gasteiger partial charge < -0.3 is 9.47 Å². The summed E-state index contributed by atoms with van der Waals surface area (Å²) in [6.45, 7) is 10.3. The van der Waals surface area contributed by atoms with Crippen LogP contribution in [0.5, 0.6) is 0 Å². The molecule has 0 aliphatic carbocycles. The van der Waals surface area contributed by atoms with Crippen molar-refractivity contribution in [3.8, 4) is 0 Å². The van der Waals surface area contributed by atoms with E-state index in [-0.39, 0.29) is 0 Å². The quantitative estimate of drug-likeness (QED) is 0.853. The highest BCUT2D eigenvalue weighted by molar-refractivity contribution is 9.10. The molecule has 1 aromatic rings. The third kappa shape index (κ3) is 2.74. The molecule has 1 aliphatic heterocycles. The van der Waals surface area contributed by atoms with Gasteiger partial charge in [-0.15, -0.1) is 0 Å². The lowest BCUT2D eigenvalue weighted by Crippen LogP contribution is -2.33. The number of halogens is 1. The summed E-state index contributed by atoms with van der Waals surface area (Å²) >= 11 is 3.55. The molecule has 1 aromatic heterocycles. The van der Waals surface area contributed by atoms with Crippen LogP contribution < -0.4 is 0 Å². The van der Waals surface area contributed by atoms with Crippen molar-refractivity contribution in [3.05, 3.63) is 16.6 Å². The van der Waals surface area contributed by atoms with E-state index in [9.17, 15) is 0 Å². The van der Waals surface area contributed by atoms with Crippen LogP contribution in [0.2, 0.25) is 0 Å². The molecule has 3 nitrogen and oxygen atoms in total. The Labute approximate surface area is 112 Å². The molecule has 17 heavy (non-hydrogen) atoms. The summed E-state index contributed by atoms with van der Waals surface area (Å²) in [6.07, 6.45) is 4.58. The zero-order chi connectivity index (χ0) is 12.4. The van der Waals surface area contributed by atoms with E-state index < -0.39 is 0 Å². The van der Waals surface area contributed by atoms with Gasteiger partial charge in [0.25, 0.3) is 0 Å². The van der Waals surface area contributed by atoms with Gasteiger partial charge in [0.15, 0.2) is 4.73 Å². The van der Waals surface area contributed by atoms with Crippen LogP contribution in [0.15, 0.2) is 10.9 Å². The van der Waals surface area contributed by atoms with Gasteiger partial charge in [-0.05, 0) is 62.3 Å². The average Bonchev–Trinajstić information content (AvgIpc) is 2.71. The van der Waals surface area contributed by atoms with Gasteiger partial charge in [-0.1, -0.05) is 6.92 Å². The minimum absolute atomic E-state index is 0.478. The number of likely N-dealkylation sites (tertiary alicyclic amines) is 1. The molecule has 0 radical (unpaired) electrons. The minimum atomic E-state index is 0.478. The average molecular weight is 300 g/mol. The third-order valence-corrected chi connectivity index (χ3v) is 4.34. The largest absolute Gasteiger partial charge is 0.320 e. The van der Waals surface area contributed by atoms with Crippen molar-refractivity contribution in [2.75, 3.05) is 19.6 Å². The standard InChI is InChI=1S/C13H22BrN3/c1-4-16-7-5-11(6-8-16)12-9-15-13(14)17(12)10(2)3/h9-11H,4-8H2,1-3H3. The molecule has 1 saturated heterocycles. The fourth-order valence-electron chi connectivity index (χ4n) is 2.71. The van der Waals surface area contributed by atoms with Crippen molar-refractivity contribution in [2.45, 2.75) is 45.6 Å². The molecule has 0 spiro atoms. The molecule has 2 heterocycles. The monoisotopic (exact) mass is 299 g/mol. The molecular formula is C13H22BrN3. The van der Waals surface area contributed by atoms with Crippen LogP contribution in [-0.2, 0) is 0 Å². The van der Waals surface area contributed by atoms with Gasteiger partial charge in [0.1, 0.15) is 0 Å². The van der Waals surface area contributed by atoms with Crippen molar-refractivity contribution >= 4 is 15.9 Å². The second kappa shape index (κ2) is 5.53. The summed E-state index contributed by atoms with van der Waals surface area (Å²) in [6, 6.07) is 0.478. The summed E-state index contributed by atoms with van der Waals surface area (Å²) in [5.74, 6) is 0.680. The number of aromatic nitrogens is 2. The van der Waals surface area contributed by atoms with Crippen molar-refractivity contribution in [3.63, 3.8) is 0 Å². The highest BCUT2D eigenvalue weighted by Gasteiger charge is 2.24. The second-order valence-corrected chi connectivity index (χ2v) is 5.83. The summed E-state index contributed by atoms with van der Waals surface area (Å²) in [5, 5.41) is 0. The molecule has 0 aromatic carbocycles. The first-order valence-corrected chi connectivity index (χ1v) is 7.37. The first-order valence-electron chi connectivity index (χ1n) is 6.58. The predicted molar refractivity (Wildman–Crippen MR) is 74.4 cm³/mol. The first-order chi connectivity index (χ1) is 8.13. The fraction of sp³-hybridized carbons (Fsp3) is 0.769. The van der Waals surface area contributed by atoms with Crippen LogP contribution in [-0.4, -0.2) is 34.1 Å². The topological polar surface area (TPSA) is 21.1 Å². The molecule has 0 N–H and O–H groups in total. The highest BCUT2D eigenvalue weighted by atomic mass is 79.9. The Bertz CT molecular complexity index is 365. The summed E-state index contributed by atoms with van der Waals surface area (Å²) in [5.41, 5.74) is 1.41. The van der Waals surface area contributed by atoms with Crippen molar-refractivity contribution in [2.24, 2.45) is 0 Å². The van der Waals surface area contributed by atoms with Crippen molar-refractivity contribution in [1.29, 1.82) is 0 Å². The second-order valence-electron chi connectivity index (χ2n) is 5.12. The van der Waals surface area contributed by atoms with Gasteiger partial charge in [-0.2, -0.15) is 0 Å². The van der Waals surface area contributed by atoms with E-state index in [1.165, 1.54) is 38.2 Å². The Morgan fingerprint density at radius 1 is 1.41 bits per heavy atom. The van der Waals surface area contributed by atoms with Gasteiger partial charge in [0.2, 0.25) is 0 Å². The lowest BCUT2D eigenvalue weighted by molar-refractivity contribution is 0.218. The molecule has 2 rings (SSSR count). The summed E-state index contributed by atoms with van der Waals surface area (Å²) in [7, 11) is 0. The molecule has 1 aliphatic rings. The number of imidazole rings is 1. The van der Waals surface area contributed by atoms with E-state index in [0.717, 1.165) is 4.73 Å². The molecule has 96 valence electrons. The van der Waals surface area contributed by atoms with E-state index >= 15 is 0 Å². The number of piperidine rings is 1. The molecule has 4 heteroatoms. The molecular weight excluding hydrogens is 278 g/mol. The van der Waals surface area contributed by atoms with Crippen LogP contribution in [0, 0.1) is 0 Å². The Kier molecular flexibility index (Phi) is 4.26. The molecule has 0 atom stereocenters. The Morgan fingerprint density at radius 2 is 2.06 bits per heavy atom. The van der Waals surface area contributed by atoms with E-state index in [1.54, 1.807) is 0 Å². The van der Waals surface area contributed by atoms with Gasteiger partial charge in [0.05, 0.1) is 0 Å². The van der Waals surface area contributed by atoms with E-state index in [4.69, 9.17) is 0 Å².